The van der Waals surface area contributed by atoms with Crippen LogP contribution in [-0.4, -0.2) is 11.9 Å². The van der Waals surface area contributed by atoms with Gasteiger partial charge in [0.1, 0.15) is 0 Å². The van der Waals surface area contributed by atoms with Crippen molar-refractivity contribution in [2.75, 3.05) is 0 Å². The number of aryl methyl sites for hydroxylation is 1. The number of halogens is 6. The molecule has 3 rings (SSSR count). The minimum Gasteiger partial charge on any atom is -0.423 e. The van der Waals surface area contributed by atoms with Gasteiger partial charge in [0.15, 0.2) is 17.4 Å². The van der Waals surface area contributed by atoms with Gasteiger partial charge in [-0.25, -0.2) is 0 Å². The lowest BCUT2D eigenvalue weighted by atomic mass is 9.83. The molecule has 0 heterocycles. The van der Waals surface area contributed by atoms with Crippen LogP contribution in [0.3, 0.4) is 0 Å². The summed E-state index contributed by atoms with van der Waals surface area (Å²) in [5.74, 6) is -4.10. The third kappa shape index (κ3) is 6.76. The predicted octanol–water partition coefficient (Wildman–Crippen LogP) is 9.24. The second-order valence-electron chi connectivity index (χ2n) is 7.65. The van der Waals surface area contributed by atoms with Crippen molar-refractivity contribution in [2.45, 2.75) is 26.2 Å². The molecule has 184 valence electrons. The molecular weight excluding hydrogens is 577 g/mol. The van der Waals surface area contributed by atoms with Crippen molar-refractivity contribution in [1.82, 2.24) is 0 Å². The average Bonchev–Trinajstić information content (AvgIpc) is 2.76. The summed E-state index contributed by atoms with van der Waals surface area (Å²) in [6.45, 7) is 3.74. The minimum absolute atomic E-state index is 0.00959. The van der Waals surface area contributed by atoms with Crippen molar-refractivity contribution < 1.29 is 19.1 Å². The fourth-order valence-corrected chi connectivity index (χ4v) is 5.36. The third-order valence-corrected chi connectivity index (χ3v) is 6.71. The fraction of sp³-hybridized carbons (Fsp3) is 0.200. The van der Waals surface area contributed by atoms with Crippen molar-refractivity contribution in [2.24, 2.45) is 5.92 Å². The van der Waals surface area contributed by atoms with E-state index in [-0.39, 0.29) is 41.6 Å². The molecule has 0 N–H and O–H groups in total. The summed E-state index contributed by atoms with van der Waals surface area (Å²) in [6, 6.07) is 12.9. The van der Waals surface area contributed by atoms with E-state index < -0.39 is 23.8 Å². The standard InChI is InChI=1S/C25H18Cl6O4/c1-3-16(13-6-4-5-12(2)7-13)21(24(32)34-22-17(28)8-14(26)9-18(22)29)25(33)35-23-19(30)10-15(27)11-20(23)31/h4-11,16,21H,3H2,1-2H3/t16-/m0/s1. The molecule has 4 nitrogen and oxygen atoms in total. The molecule has 10 heteroatoms. The van der Waals surface area contributed by atoms with E-state index in [0.29, 0.717) is 6.42 Å². The molecule has 0 spiro atoms. The van der Waals surface area contributed by atoms with Gasteiger partial charge in [0.25, 0.3) is 0 Å². The SMILES string of the molecule is CC[C@@H](c1cccc(C)c1)C(C(=O)Oc1c(Cl)cc(Cl)cc1Cl)C(=O)Oc1c(Cl)cc(Cl)cc1Cl. The number of carbonyl (C=O) groups excluding carboxylic acids is 2. The van der Waals surface area contributed by atoms with Gasteiger partial charge in [-0.05, 0) is 43.2 Å². The molecule has 3 aromatic carbocycles. The van der Waals surface area contributed by atoms with Crippen LogP contribution in [0.2, 0.25) is 30.1 Å². The van der Waals surface area contributed by atoms with Crippen molar-refractivity contribution in [1.29, 1.82) is 0 Å². The van der Waals surface area contributed by atoms with Crippen LogP contribution in [0.4, 0.5) is 0 Å². The van der Waals surface area contributed by atoms with Crippen LogP contribution in [0, 0.1) is 12.8 Å². The van der Waals surface area contributed by atoms with Gasteiger partial charge < -0.3 is 9.47 Å². The lowest BCUT2D eigenvalue weighted by Gasteiger charge is -2.25. The summed E-state index contributed by atoms with van der Waals surface area (Å²) in [5.41, 5.74) is 1.70. The quantitative estimate of drug-likeness (QED) is 0.155. The molecule has 0 amide bonds. The monoisotopic (exact) mass is 592 g/mol. The van der Waals surface area contributed by atoms with Crippen LogP contribution in [0.1, 0.15) is 30.4 Å². The topological polar surface area (TPSA) is 52.6 Å². The first-order chi connectivity index (χ1) is 16.5. The molecule has 0 fully saturated rings. The molecule has 35 heavy (non-hydrogen) atoms. The Morgan fingerprint density at radius 3 is 1.54 bits per heavy atom. The number of hydrogen-bond acceptors (Lipinski definition) is 4. The zero-order valence-corrected chi connectivity index (χ0v) is 22.9. The Kier molecular flexibility index (Phi) is 9.61. The average molecular weight is 595 g/mol. The highest BCUT2D eigenvalue weighted by molar-refractivity contribution is 6.41. The smallest absolute Gasteiger partial charge is 0.326 e. The Hall–Kier alpha value is -1.66. The Balaban J connectivity index is 2.04. The summed E-state index contributed by atoms with van der Waals surface area (Å²) in [4.78, 5) is 26.9. The van der Waals surface area contributed by atoms with Gasteiger partial charge in [0.2, 0.25) is 0 Å². The highest BCUT2D eigenvalue weighted by Crippen LogP contribution is 2.40. The van der Waals surface area contributed by atoms with E-state index in [2.05, 4.69) is 0 Å². The Morgan fingerprint density at radius 2 is 1.17 bits per heavy atom. The van der Waals surface area contributed by atoms with Gasteiger partial charge in [-0.3, -0.25) is 9.59 Å². The van der Waals surface area contributed by atoms with E-state index in [0.717, 1.165) is 11.1 Å². The maximum Gasteiger partial charge on any atom is 0.326 e. The van der Waals surface area contributed by atoms with E-state index >= 15 is 0 Å². The van der Waals surface area contributed by atoms with Crippen LogP contribution in [0.25, 0.3) is 0 Å². The van der Waals surface area contributed by atoms with E-state index in [1.807, 2.05) is 38.1 Å². The van der Waals surface area contributed by atoms with Gasteiger partial charge in [0.05, 0.1) is 20.1 Å². The van der Waals surface area contributed by atoms with Crippen LogP contribution in [-0.2, 0) is 9.59 Å². The van der Waals surface area contributed by atoms with Gasteiger partial charge in [0, 0.05) is 16.0 Å². The normalized spacial score (nSPS) is 11.9. The number of benzene rings is 3. The van der Waals surface area contributed by atoms with Crippen LogP contribution < -0.4 is 9.47 Å². The second kappa shape index (κ2) is 12.1. The molecule has 0 aliphatic heterocycles. The molecule has 0 unspecified atom stereocenters. The molecular formula is C25H18Cl6O4. The van der Waals surface area contributed by atoms with Crippen molar-refractivity contribution in [3.63, 3.8) is 0 Å². The highest BCUT2D eigenvalue weighted by Gasteiger charge is 2.39. The minimum atomic E-state index is -1.41. The van der Waals surface area contributed by atoms with Crippen LogP contribution in [0.15, 0.2) is 48.5 Å². The number of rotatable bonds is 7. The van der Waals surface area contributed by atoms with Gasteiger partial charge in [-0.15, -0.1) is 0 Å². The van der Waals surface area contributed by atoms with Gasteiger partial charge in [-0.1, -0.05) is 106 Å². The van der Waals surface area contributed by atoms with Gasteiger partial charge >= 0.3 is 11.9 Å². The summed E-state index contributed by atoms with van der Waals surface area (Å²) in [5, 5.41) is 0.555. The number of esters is 2. The van der Waals surface area contributed by atoms with E-state index in [1.54, 1.807) is 0 Å². The van der Waals surface area contributed by atoms with E-state index in [1.165, 1.54) is 24.3 Å². The second-order valence-corrected chi connectivity index (χ2v) is 10.1. The molecule has 0 saturated carbocycles. The molecule has 0 aliphatic carbocycles. The summed E-state index contributed by atoms with van der Waals surface area (Å²) < 4.78 is 11.0. The molecule has 0 saturated heterocycles. The first-order valence-electron chi connectivity index (χ1n) is 10.3. The zero-order chi connectivity index (χ0) is 25.9. The Bertz CT molecular complexity index is 1160. The fourth-order valence-electron chi connectivity index (χ4n) is 3.57. The summed E-state index contributed by atoms with van der Waals surface area (Å²) >= 11 is 36.7. The molecule has 0 aromatic heterocycles. The van der Waals surface area contributed by atoms with E-state index in [4.69, 9.17) is 79.1 Å². The van der Waals surface area contributed by atoms with Crippen molar-refractivity contribution in [3.05, 3.63) is 89.8 Å². The van der Waals surface area contributed by atoms with Gasteiger partial charge in [-0.2, -0.15) is 0 Å². The molecule has 0 aliphatic rings. The van der Waals surface area contributed by atoms with Crippen LogP contribution >= 0.6 is 69.6 Å². The first-order valence-corrected chi connectivity index (χ1v) is 12.6. The van der Waals surface area contributed by atoms with Crippen molar-refractivity contribution in [3.8, 4) is 11.5 Å². The summed E-state index contributed by atoms with van der Waals surface area (Å²) in [7, 11) is 0. The predicted molar refractivity (Wildman–Crippen MR) is 142 cm³/mol. The number of ether oxygens (including phenoxy) is 2. The lowest BCUT2D eigenvalue weighted by Crippen LogP contribution is -2.36. The highest BCUT2D eigenvalue weighted by atomic mass is 35.5. The molecule has 3 aromatic rings. The number of hydrogen-bond donors (Lipinski definition) is 0. The first kappa shape index (κ1) is 27.9. The largest absolute Gasteiger partial charge is 0.423 e. The maximum absolute atomic E-state index is 13.5. The summed E-state index contributed by atoms with van der Waals surface area (Å²) in [6.07, 6.45) is 0.405. The third-order valence-electron chi connectivity index (χ3n) is 5.15. The van der Waals surface area contributed by atoms with E-state index in [9.17, 15) is 9.59 Å². The lowest BCUT2D eigenvalue weighted by molar-refractivity contribution is -0.152. The Labute approximate surface area is 232 Å². The van der Waals surface area contributed by atoms with Crippen LogP contribution in [0.5, 0.6) is 11.5 Å². The van der Waals surface area contributed by atoms with Crippen molar-refractivity contribution >= 4 is 81.5 Å². The molecule has 1 atom stereocenters. The molecule has 0 radical (unpaired) electrons. The Morgan fingerprint density at radius 1 is 0.743 bits per heavy atom. The maximum atomic E-state index is 13.5. The molecule has 0 bridgehead atoms. The number of carbonyl (C=O) groups is 2. The zero-order valence-electron chi connectivity index (χ0n) is 18.4.